The Balaban J connectivity index is 2.03. The van der Waals surface area contributed by atoms with Gasteiger partial charge in [-0.15, -0.1) is 11.3 Å². The van der Waals surface area contributed by atoms with Crippen LogP contribution in [0.25, 0.3) is 0 Å². The van der Waals surface area contributed by atoms with E-state index in [4.69, 9.17) is 11.6 Å². The van der Waals surface area contributed by atoms with Crippen LogP contribution >= 0.6 is 22.9 Å². The van der Waals surface area contributed by atoms with Crippen LogP contribution in [-0.2, 0) is 16.6 Å². The molecule has 0 saturated carbocycles. The van der Waals surface area contributed by atoms with Gasteiger partial charge in [0.1, 0.15) is 0 Å². The van der Waals surface area contributed by atoms with Gasteiger partial charge in [-0.3, -0.25) is 4.79 Å². The Morgan fingerprint density at radius 1 is 1.12 bits per heavy atom. The molecule has 1 aromatic carbocycles. The molecule has 24 heavy (non-hydrogen) atoms. The normalized spacial score (nSPS) is 11.7. The van der Waals surface area contributed by atoms with Crippen LogP contribution in [0.3, 0.4) is 0 Å². The number of carbonyl (C=O) groups is 1. The van der Waals surface area contributed by atoms with Crippen LogP contribution in [0.15, 0.2) is 41.3 Å². The minimum absolute atomic E-state index is 0.202. The van der Waals surface area contributed by atoms with E-state index in [0.29, 0.717) is 28.8 Å². The van der Waals surface area contributed by atoms with Crippen LogP contribution in [0.2, 0.25) is 4.34 Å². The Kier molecular flexibility index (Phi) is 6.40. The number of halogens is 1. The number of benzene rings is 1. The summed E-state index contributed by atoms with van der Waals surface area (Å²) in [4.78, 5) is 12.8. The fourth-order valence-corrected chi connectivity index (χ4v) is 4.62. The van der Waals surface area contributed by atoms with Gasteiger partial charge < -0.3 is 5.32 Å². The molecule has 0 bridgehead atoms. The van der Waals surface area contributed by atoms with Crippen molar-refractivity contribution in [3.8, 4) is 0 Å². The summed E-state index contributed by atoms with van der Waals surface area (Å²) in [7, 11) is -3.46. The maximum absolute atomic E-state index is 12.4. The third kappa shape index (κ3) is 4.36. The van der Waals surface area contributed by atoms with E-state index in [9.17, 15) is 13.2 Å². The molecule has 1 aromatic heterocycles. The first-order valence-corrected chi connectivity index (χ1v) is 10.1. The maximum Gasteiger partial charge on any atom is 0.261 e. The molecule has 0 aliphatic carbocycles. The van der Waals surface area contributed by atoms with E-state index in [1.54, 1.807) is 36.4 Å². The van der Waals surface area contributed by atoms with Gasteiger partial charge in [-0.25, -0.2) is 8.42 Å². The van der Waals surface area contributed by atoms with E-state index >= 15 is 0 Å². The summed E-state index contributed by atoms with van der Waals surface area (Å²) >= 11 is 7.02. The summed E-state index contributed by atoms with van der Waals surface area (Å²) in [6.45, 7) is 4.80. The van der Waals surface area contributed by atoms with Crippen molar-refractivity contribution in [2.45, 2.75) is 25.3 Å². The predicted octanol–water partition coefficient (Wildman–Crippen LogP) is 3.36. The van der Waals surface area contributed by atoms with Crippen LogP contribution in [0.5, 0.6) is 0 Å². The van der Waals surface area contributed by atoms with E-state index in [0.717, 1.165) is 5.56 Å². The van der Waals surface area contributed by atoms with Gasteiger partial charge in [0.05, 0.1) is 14.1 Å². The molecule has 0 spiro atoms. The molecule has 0 atom stereocenters. The average Bonchev–Trinajstić information content (AvgIpc) is 3.00. The van der Waals surface area contributed by atoms with Gasteiger partial charge in [0, 0.05) is 19.6 Å². The zero-order chi connectivity index (χ0) is 17.7. The van der Waals surface area contributed by atoms with Gasteiger partial charge in [-0.2, -0.15) is 4.31 Å². The number of thiophene rings is 1. The van der Waals surface area contributed by atoms with E-state index in [1.807, 2.05) is 13.8 Å². The van der Waals surface area contributed by atoms with Gasteiger partial charge in [0.15, 0.2) is 0 Å². The molecule has 1 N–H and O–H groups in total. The number of rotatable bonds is 7. The summed E-state index contributed by atoms with van der Waals surface area (Å²) < 4.78 is 26.8. The van der Waals surface area contributed by atoms with E-state index in [2.05, 4.69) is 5.32 Å². The molecule has 1 amide bonds. The van der Waals surface area contributed by atoms with Crippen molar-refractivity contribution in [3.05, 3.63) is 51.2 Å². The van der Waals surface area contributed by atoms with Gasteiger partial charge >= 0.3 is 0 Å². The molecule has 2 aromatic rings. The summed E-state index contributed by atoms with van der Waals surface area (Å²) in [5.41, 5.74) is 0.824. The van der Waals surface area contributed by atoms with Crippen molar-refractivity contribution >= 4 is 38.9 Å². The van der Waals surface area contributed by atoms with Crippen molar-refractivity contribution < 1.29 is 13.2 Å². The quantitative estimate of drug-likeness (QED) is 0.793. The summed E-state index contributed by atoms with van der Waals surface area (Å²) in [5.74, 6) is -0.202. The average molecular weight is 387 g/mol. The van der Waals surface area contributed by atoms with Crippen molar-refractivity contribution in [3.63, 3.8) is 0 Å². The largest absolute Gasteiger partial charge is 0.347 e. The molecule has 0 aliphatic rings. The van der Waals surface area contributed by atoms with E-state index in [1.165, 1.54) is 15.6 Å². The number of sulfonamides is 1. The van der Waals surface area contributed by atoms with Crippen LogP contribution in [0, 0.1) is 0 Å². The van der Waals surface area contributed by atoms with Crippen molar-refractivity contribution in [2.75, 3.05) is 13.1 Å². The first-order chi connectivity index (χ1) is 11.4. The first-order valence-electron chi connectivity index (χ1n) is 7.51. The molecule has 0 saturated heterocycles. The Morgan fingerprint density at radius 3 is 2.25 bits per heavy atom. The molecule has 0 unspecified atom stereocenters. The predicted molar refractivity (Wildman–Crippen MR) is 97.0 cm³/mol. The second-order valence-corrected chi connectivity index (χ2v) is 8.67. The molecule has 0 radical (unpaired) electrons. The molecule has 8 heteroatoms. The second kappa shape index (κ2) is 8.11. The fourth-order valence-electron chi connectivity index (χ4n) is 2.20. The van der Waals surface area contributed by atoms with Gasteiger partial charge in [0.2, 0.25) is 10.0 Å². The van der Waals surface area contributed by atoms with Crippen molar-refractivity contribution in [1.82, 2.24) is 9.62 Å². The molecule has 0 aliphatic heterocycles. The van der Waals surface area contributed by atoms with Gasteiger partial charge in [-0.05, 0) is 29.8 Å². The van der Waals surface area contributed by atoms with Crippen LogP contribution < -0.4 is 5.32 Å². The Hall–Kier alpha value is -1.41. The zero-order valence-corrected chi connectivity index (χ0v) is 15.8. The lowest BCUT2D eigenvalue weighted by Crippen LogP contribution is -2.30. The number of nitrogens with one attached hydrogen (secondary N) is 1. The Labute approximate surface area is 151 Å². The van der Waals surface area contributed by atoms with Gasteiger partial charge in [-0.1, -0.05) is 37.6 Å². The summed E-state index contributed by atoms with van der Waals surface area (Å²) in [6.07, 6.45) is 0. The van der Waals surface area contributed by atoms with E-state index < -0.39 is 10.0 Å². The smallest absolute Gasteiger partial charge is 0.261 e. The lowest BCUT2D eigenvalue weighted by atomic mass is 10.2. The number of hydrogen-bond donors (Lipinski definition) is 1. The number of amides is 1. The first kappa shape index (κ1) is 18.9. The van der Waals surface area contributed by atoms with Gasteiger partial charge in [0.25, 0.3) is 5.91 Å². The number of hydrogen-bond acceptors (Lipinski definition) is 4. The van der Waals surface area contributed by atoms with E-state index in [-0.39, 0.29) is 10.8 Å². The lowest BCUT2D eigenvalue weighted by molar-refractivity contribution is 0.0955. The highest BCUT2D eigenvalue weighted by Crippen LogP contribution is 2.21. The molecule has 5 nitrogen and oxygen atoms in total. The number of carbonyl (C=O) groups excluding carboxylic acids is 1. The minimum atomic E-state index is -3.46. The highest BCUT2D eigenvalue weighted by atomic mass is 35.5. The molecular weight excluding hydrogens is 368 g/mol. The monoisotopic (exact) mass is 386 g/mol. The highest BCUT2D eigenvalue weighted by Gasteiger charge is 2.21. The molecule has 130 valence electrons. The molecular formula is C16H19ClN2O3S2. The SMILES string of the molecule is CCN(CC)S(=O)(=O)c1ccc(CNC(=O)c2ccc(Cl)s2)cc1. The molecule has 2 rings (SSSR count). The van der Waals surface area contributed by atoms with Crippen molar-refractivity contribution in [2.24, 2.45) is 0 Å². The maximum atomic E-state index is 12.4. The standard InChI is InChI=1S/C16H19ClN2O3S2/c1-3-19(4-2)24(21,22)13-7-5-12(6-8-13)11-18-16(20)14-9-10-15(17)23-14/h5-10H,3-4,11H2,1-2H3,(H,18,20). The number of nitrogens with zero attached hydrogens (tertiary/aromatic N) is 1. The Morgan fingerprint density at radius 2 is 1.75 bits per heavy atom. The Bertz CT molecular complexity index is 797. The van der Waals surface area contributed by atoms with Crippen molar-refractivity contribution in [1.29, 1.82) is 0 Å². The zero-order valence-electron chi connectivity index (χ0n) is 13.5. The third-order valence-electron chi connectivity index (χ3n) is 3.52. The minimum Gasteiger partial charge on any atom is -0.347 e. The fraction of sp³-hybridized carbons (Fsp3) is 0.312. The molecule has 0 fully saturated rings. The second-order valence-electron chi connectivity index (χ2n) is 5.02. The topological polar surface area (TPSA) is 66.5 Å². The summed E-state index contributed by atoms with van der Waals surface area (Å²) in [6, 6.07) is 9.89. The van der Waals surface area contributed by atoms with Crippen LogP contribution in [-0.4, -0.2) is 31.7 Å². The summed E-state index contributed by atoms with van der Waals surface area (Å²) in [5, 5.41) is 2.78. The lowest BCUT2D eigenvalue weighted by Gasteiger charge is -2.18. The van der Waals surface area contributed by atoms with Crippen LogP contribution in [0.4, 0.5) is 0 Å². The third-order valence-corrected chi connectivity index (χ3v) is 6.81. The van der Waals surface area contributed by atoms with Crippen LogP contribution in [0.1, 0.15) is 29.1 Å². The molecule has 1 heterocycles. The highest BCUT2D eigenvalue weighted by molar-refractivity contribution is 7.89.